The van der Waals surface area contributed by atoms with Crippen LogP contribution in [0.15, 0.2) is 76.6 Å². The predicted molar refractivity (Wildman–Crippen MR) is 118 cm³/mol. The van der Waals surface area contributed by atoms with Crippen LogP contribution in [0.3, 0.4) is 0 Å². The van der Waals surface area contributed by atoms with Crippen LogP contribution in [0, 0.1) is 0 Å². The van der Waals surface area contributed by atoms with Crippen molar-refractivity contribution in [2.75, 3.05) is 13.6 Å². The van der Waals surface area contributed by atoms with Crippen molar-refractivity contribution in [3.05, 3.63) is 78.5 Å². The van der Waals surface area contributed by atoms with Crippen molar-refractivity contribution < 1.29 is 4.52 Å². The fraction of sp³-hybridized carbons (Fsp3) is 0.227. The highest BCUT2D eigenvalue weighted by Crippen LogP contribution is 2.16. The Hall–Kier alpha value is -4.01. The van der Waals surface area contributed by atoms with Gasteiger partial charge in [0.1, 0.15) is 5.69 Å². The van der Waals surface area contributed by atoms with E-state index in [1.54, 1.807) is 19.4 Å². The number of benzene rings is 1. The van der Waals surface area contributed by atoms with E-state index in [0.29, 0.717) is 36.3 Å². The molecule has 1 aromatic carbocycles. The Morgan fingerprint density at radius 1 is 1.16 bits per heavy atom. The fourth-order valence-corrected chi connectivity index (χ4v) is 3.08. The molecule has 0 radical (unpaired) electrons. The third-order valence-corrected chi connectivity index (χ3v) is 4.71. The molecular formula is C22H24N8O. The van der Waals surface area contributed by atoms with Gasteiger partial charge in [-0.25, -0.2) is 4.68 Å². The summed E-state index contributed by atoms with van der Waals surface area (Å²) in [6.45, 7) is 2.70. The molecule has 2 N–H and O–H groups in total. The van der Waals surface area contributed by atoms with Crippen LogP contribution in [-0.4, -0.2) is 44.5 Å². The molecule has 0 spiro atoms. The molecule has 3 aromatic heterocycles. The first-order chi connectivity index (χ1) is 15.2. The molecule has 0 fully saturated rings. The average Bonchev–Trinajstić information content (AvgIpc) is 3.52. The first-order valence-electron chi connectivity index (χ1n) is 10.0. The van der Waals surface area contributed by atoms with E-state index in [2.05, 4.69) is 54.9 Å². The Labute approximate surface area is 180 Å². The van der Waals surface area contributed by atoms with Gasteiger partial charge in [0.15, 0.2) is 11.8 Å². The van der Waals surface area contributed by atoms with Gasteiger partial charge in [-0.05, 0) is 42.8 Å². The summed E-state index contributed by atoms with van der Waals surface area (Å²) in [5.74, 6) is 1.73. The van der Waals surface area contributed by atoms with E-state index in [1.807, 2.05) is 47.3 Å². The van der Waals surface area contributed by atoms with Crippen LogP contribution in [0.4, 0.5) is 0 Å². The van der Waals surface area contributed by atoms with Crippen molar-refractivity contribution in [2.24, 2.45) is 4.99 Å². The van der Waals surface area contributed by atoms with Gasteiger partial charge in [0, 0.05) is 38.6 Å². The van der Waals surface area contributed by atoms with Crippen LogP contribution < -0.4 is 10.6 Å². The van der Waals surface area contributed by atoms with Gasteiger partial charge in [-0.2, -0.15) is 10.1 Å². The van der Waals surface area contributed by atoms with E-state index >= 15 is 0 Å². The lowest BCUT2D eigenvalue weighted by Crippen LogP contribution is -2.39. The number of hydrogen-bond donors (Lipinski definition) is 2. The normalized spacial score (nSPS) is 12.5. The Kier molecular flexibility index (Phi) is 6.32. The number of aliphatic imine (C=N–C) groups is 1. The number of pyridine rings is 1. The van der Waals surface area contributed by atoms with E-state index in [9.17, 15) is 0 Å². The topological polar surface area (TPSA) is 106 Å². The number of hydrogen-bond acceptors (Lipinski definition) is 6. The first kappa shape index (κ1) is 20.3. The minimum Gasteiger partial charge on any atom is -0.356 e. The number of aromatic nitrogens is 5. The predicted octanol–water partition coefficient (Wildman–Crippen LogP) is 2.79. The van der Waals surface area contributed by atoms with Gasteiger partial charge in [0.25, 0.3) is 5.89 Å². The van der Waals surface area contributed by atoms with Crippen LogP contribution in [-0.2, 0) is 6.42 Å². The molecule has 1 unspecified atom stereocenters. The van der Waals surface area contributed by atoms with E-state index < -0.39 is 0 Å². The van der Waals surface area contributed by atoms with E-state index in [1.165, 1.54) is 0 Å². The Morgan fingerprint density at radius 2 is 2.10 bits per heavy atom. The monoisotopic (exact) mass is 416 g/mol. The van der Waals surface area contributed by atoms with Gasteiger partial charge in [-0.3, -0.25) is 9.98 Å². The Morgan fingerprint density at radius 3 is 2.87 bits per heavy atom. The number of nitrogens with zero attached hydrogens (tertiary/aromatic N) is 6. The van der Waals surface area contributed by atoms with Crippen LogP contribution in [0.2, 0.25) is 0 Å². The third kappa shape index (κ3) is 5.13. The van der Waals surface area contributed by atoms with Gasteiger partial charge in [-0.1, -0.05) is 23.4 Å². The van der Waals surface area contributed by atoms with E-state index in [4.69, 9.17) is 4.52 Å². The summed E-state index contributed by atoms with van der Waals surface area (Å²) in [5, 5.41) is 15.0. The Bertz CT molecular complexity index is 1120. The molecule has 0 aliphatic carbocycles. The molecular weight excluding hydrogens is 392 g/mol. The van der Waals surface area contributed by atoms with Gasteiger partial charge < -0.3 is 15.2 Å². The standard InChI is InChI=1S/C22H24N8O/c1-16(17-7-5-8-18(15-17)30-14-6-12-26-30)27-22(23-2)25-13-10-20-28-21(31-29-20)19-9-3-4-11-24-19/h3-9,11-12,14-16H,10,13H2,1-2H3,(H2,23,25,27). The van der Waals surface area contributed by atoms with Gasteiger partial charge in [-0.15, -0.1) is 0 Å². The number of guanidine groups is 1. The molecule has 0 saturated carbocycles. The summed E-state index contributed by atoms with van der Waals surface area (Å²) in [4.78, 5) is 12.9. The van der Waals surface area contributed by atoms with Crippen molar-refractivity contribution in [1.82, 2.24) is 35.5 Å². The largest absolute Gasteiger partial charge is 0.356 e. The summed E-state index contributed by atoms with van der Waals surface area (Å²) in [5.41, 5.74) is 2.81. The zero-order valence-electron chi connectivity index (χ0n) is 17.4. The molecule has 31 heavy (non-hydrogen) atoms. The minimum absolute atomic E-state index is 0.0580. The second kappa shape index (κ2) is 9.66. The highest BCUT2D eigenvalue weighted by molar-refractivity contribution is 5.80. The lowest BCUT2D eigenvalue weighted by Gasteiger charge is -2.18. The highest BCUT2D eigenvalue weighted by atomic mass is 16.5. The summed E-state index contributed by atoms with van der Waals surface area (Å²) in [6.07, 6.45) is 5.99. The summed E-state index contributed by atoms with van der Waals surface area (Å²) in [6, 6.07) is 15.8. The van der Waals surface area contributed by atoms with Gasteiger partial charge in [0.2, 0.25) is 0 Å². The quantitative estimate of drug-likeness (QED) is 0.352. The summed E-state index contributed by atoms with van der Waals surface area (Å²) < 4.78 is 7.14. The molecule has 0 aliphatic heterocycles. The molecule has 0 aliphatic rings. The van der Waals surface area contributed by atoms with Crippen LogP contribution in [0.25, 0.3) is 17.3 Å². The van der Waals surface area contributed by atoms with Crippen molar-refractivity contribution in [2.45, 2.75) is 19.4 Å². The number of rotatable bonds is 7. The van der Waals surface area contributed by atoms with Crippen molar-refractivity contribution in [3.8, 4) is 17.3 Å². The van der Waals surface area contributed by atoms with Crippen LogP contribution in [0.1, 0.15) is 24.4 Å². The molecule has 0 amide bonds. The number of nitrogens with one attached hydrogen (secondary N) is 2. The maximum Gasteiger partial charge on any atom is 0.276 e. The smallest absolute Gasteiger partial charge is 0.276 e. The molecule has 3 heterocycles. The van der Waals surface area contributed by atoms with E-state index in [0.717, 1.165) is 11.3 Å². The maximum absolute atomic E-state index is 5.29. The summed E-state index contributed by atoms with van der Waals surface area (Å²) >= 11 is 0. The molecule has 0 saturated heterocycles. The lowest BCUT2D eigenvalue weighted by atomic mass is 10.1. The Balaban J connectivity index is 1.31. The summed E-state index contributed by atoms with van der Waals surface area (Å²) in [7, 11) is 1.75. The minimum atomic E-state index is 0.0580. The van der Waals surface area contributed by atoms with Crippen LogP contribution >= 0.6 is 0 Å². The zero-order chi connectivity index (χ0) is 21.5. The maximum atomic E-state index is 5.29. The molecule has 158 valence electrons. The second-order valence-electron chi connectivity index (χ2n) is 6.89. The highest BCUT2D eigenvalue weighted by Gasteiger charge is 2.11. The molecule has 9 nitrogen and oxygen atoms in total. The van der Waals surface area contributed by atoms with Crippen molar-refractivity contribution >= 4 is 5.96 Å². The average molecular weight is 416 g/mol. The molecule has 0 bridgehead atoms. The molecule has 9 heteroatoms. The zero-order valence-corrected chi connectivity index (χ0v) is 17.4. The van der Waals surface area contributed by atoms with Crippen LogP contribution in [0.5, 0.6) is 0 Å². The fourth-order valence-electron chi connectivity index (χ4n) is 3.08. The van der Waals surface area contributed by atoms with E-state index in [-0.39, 0.29) is 6.04 Å². The lowest BCUT2D eigenvalue weighted by molar-refractivity contribution is 0.421. The molecule has 1 atom stereocenters. The van der Waals surface area contributed by atoms with Crippen molar-refractivity contribution in [1.29, 1.82) is 0 Å². The third-order valence-electron chi connectivity index (χ3n) is 4.71. The van der Waals surface area contributed by atoms with Gasteiger partial charge >= 0.3 is 0 Å². The molecule has 4 rings (SSSR count). The second-order valence-corrected chi connectivity index (χ2v) is 6.89. The van der Waals surface area contributed by atoms with Crippen molar-refractivity contribution in [3.63, 3.8) is 0 Å². The van der Waals surface area contributed by atoms with Gasteiger partial charge in [0.05, 0.1) is 11.7 Å². The molecule has 4 aromatic rings. The SMILES string of the molecule is CN=C(NCCc1noc(-c2ccccn2)n1)NC(C)c1cccc(-n2cccn2)c1. The first-order valence-corrected chi connectivity index (χ1v) is 10.0.